The maximum atomic E-state index is 13.7. The highest BCUT2D eigenvalue weighted by Crippen LogP contribution is 2.51. The van der Waals surface area contributed by atoms with Gasteiger partial charge in [0.25, 0.3) is 0 Å². The fourth-order valence-corrected chi connectivity index (χ4v) is 10.6. The third-order valence-corrected chi connectivity index (χ3v) is 12.4. The van der Waals surface area contributed by atoms with E-state index in [0.29, 0.717) is 12.1 Å². The number of carbonyl (C=O) groups excluding carboxylic acids is 1. The third kappa shape index (κ3) is 5.08. The summed E-state index contributed by atoms with van der Waals surface area (Å²) in [5.41, 5.74) is 0.724. The predicted molar refractivity (Wildman–Crippen MR) is 145 cm³/mol. The summed E-state index contributed by atoms with van der Waals surface area (Å²) in [4.78, 5) is 15.5. The number of carbonyl (C=O) groups is 1. The van der Waals surface area contributed by atoms with E-state index in [0.717, 1.165) is 12.8 Å². The molecule has 2 aromatic rings. The van der Waals surface area contributed by atoms with Gasteiger partial charge in [-0.2, -0.15) is 0 Å². The van der Waals surface area contributed by atoms with Gasteiger partial charge >= 0.3 is 6.09 Å². The van der Waals surface area contributed by atoms with E-state index >= 15 is 0 Å². The standard InChI is InChI=1S/C30H43NO3Si/c1-28(2)19-24(25(20-28)34-27(32)31-29(3,4)21-33-30(31,5)6)26(22-15-11-9-12-16-22)35(7,8)23-17-13-10-14-18-23/h9-18,24-26H,19-21H2,1-8H3/t24-,25-,26+/m1/s1. The van der Waals surface area contributed by atoms with E-state index in [1.165, 1.54) is 10.8 Å². The van der Waals surface area contributed by atoms with Crippen molar-refractivity contribution in [2.75, 3.05) is 6.61 Å². The van der Waals surface area contributed by atoms with E-state index in [9.17, 15) is 4.79 Å². The van der Waals surface area contributed by atoms with Crippen LogP contribution in [-0.2, 0) is 9.47 Å². The summed E-state index contributed by atoms with van der Waals surface area (Å²) < 4.78 is 12.5. The lowest BCUT2D eigenvalue weighted by Crippen LogP contribution is -2.55. The minimum absolute atomic E-state index is 0.107. The minimum atomic E-state index is -1.99. The van der Waals surface area contributed by atoms with Gasteiger partial charge in [-0.3, -0.25) is 4.90 Å². The number of hydrogen-bond donors (Lipinski definition) is 0. The van der Waals surface area contributed by atoms with Crippen molar-refractivity contribution >= 4 is 19.4 Å². The first-order chi connectivity index (χ1) is 16.2. The van der Waals surface area contributed by atoms with Crippen molar-refractivity contribution in [1.29, 1.82) is 0 Å². The second-order valence-electron chi connectivity index (χ2n) is 13.0. The average molecular weight is 494 g/mol. The summed E-state index contributed by atoms with van der Waals surface area (Å²) in [6, 6.07) is 21.9. The molecule has 1 aliphatic heterocycles. The van der Waals surface area contributed by atoms with Crippen molar-refractivity contribution in [3.63, 3.8) is 0 Å². The van der Waals surface area contributed by atoms with Gasteiger partial charge in [-0.1, -0.05) is 92.8 Å². The topological polar surface area (TPSA) is 38.8 Å². The molecule has 0 spiro atoms. The van der Waals surface area contributed by atoms with E-state index in [1.54, 1.807) is 4.90 Å². The molecule has 190 valence electrons. The quantitative estimate of drug-likeness (QED) is 0.434. The zero-order valence-corrected chi connectivity index (χ0v) is 23.8. The fourth-order valence-electron chi connectivity index (χ4n) is 6.78. The summed E-state index contributed by atoms with van der Waals surface area (Å²) in [6.45, 7) is 18.1. The fraction of sp³-hybridized carbons (Fsp3) is 0.567. The molecular formula is C30H43NO3Si. The van der Waals surface area contributed by atoms with Crippen molar-refractivity contribution < 1.29 is 14.3 Å². The zero-order chi connectivity index (χ0) is 25.6. The third-order valence-electron chi connectivity index (χ3n) is 8.26. The Morgan fingerprint density at radius 3 is 2.06 bits per heavy atom. The smallest absolute Gasteiger partial charge is 0.412 e. The summed E-state index contributed by atoms with van der Waals surface area (Å²) >= 11 is 0. The van der Waals surface area contributed by atoms with Crippen LogP contribution in [0, 0.1) is 11.3 Å². The molecule has 0 aromatic heterocycles. The summed E-state index contributed by atoms with van der Waals surface area (Å²) in [5, 5.41) is 1.44. The van der Waals surface area contributed by atoms with Gasteiger partial charge in [0.1, 0.15) is 11.8 Å². The molecule has 4 nitrogen and oxygen atoms in total. The van der Waals surface area contributed by atoms with Crippen molar-refractivity contribution in [2.45, 2.75) is 90.4 Å². The first kappa shape index (κ1) is 26.0. The van der Waals surface area contributed by atoms with E-state index in [4.69, 9.17) is 9.47 Å². The predicted octanol–water partition coefficient (Wildman–Crippen LogP) is 6.71. The maximum absolute atomic E-state index is 13.7. The molecule has 2 aliphatic rings. The Kier molecular flexibility index (Phi) is 6.73. The number of ether oxygens (including phenoxy) is 2. The van der Waals surface area contributed by atoms with Crippen LogP contribution in [0.5, 0.6) is 0 Å². The van der Waals surface area contributed by atoms with Gasteiger partial charge in [-0.25, -0.2) is 4.79 Å². The highest BCUT2D eigenvalue weighted by atomic mass is 28.3. The van der Waals surface area contributed by atoms with Crippen molar-refractivity contribution in [3.05, 3.63) is 66.2 Å². The normalized spacial score (nSPS) is 25.9. The van der Waals surface area contributed by atoms with E-state index in [-0.39, 0.29) is 23.5 Å². The summed E-state index contributed by atoms with van der Waals surface area (Å²) in [5.74, 6) is 0.257. The molecule has 0 bridgehead atoms. The molecule has 2 aromatic carbocycles. The molecule has 0 N–H and O–H groups in total. The Balaban J connectivity index is 1.72. The van der Waals surface area contributed by atoms with E-state index < -0.39 is 19.3 Å². The summed E-state index contributed by atoms with van der Waals surface area (Å²) in [6.07, 6.45) is 1.53. The molecule has 3 atom stereocenters. The van der Waals surface area contributed by atoms with Crippen LogP contribution in [0.25, 0.3) is 0 Å². The van der Waals surface area contributed by atoms with E-state index in [1.807, 2.05) is 13.8 Å². The largest absolute Gasteiger partial charge is 0.446 e. The van der Waals surface area contributed by atoms with Crippen LogP contribution in [-0.4, -0.2) is 43.0 Å². The molecule has 1 saturated heterocycles. The molecule has 1 heterocycles. The lowest BCUT2D eigenvalue weighted by molar-refractivity contribution is -0.0617. The number of amides is 1. The Morgan fingerprint density at radius 1 is 0.943 bits per heavy atom. The highest BCUT2D eigenvalue weighted by molar-refractivity contribution is 6.91. The molecular weight excluding hydrogens is 450 g/mol. The molecule has 0 unspecified atom stereocenters. The molecule has 1 amide bonds. The van der Waals surface area contributed by atoms with E-state index in [2.05, 4.69) is 101 Å². The maximum Gasteiger partial charge on any atom is 0.412 e. The molecule has 35 heavy (non-hydrogen) atoms. The number of benzene rings is 2. The Morgan fingerprint density at radius 2 is 1.51 bits per heavy atom. The zero-order valence-electron chi connectivity index (χ0n) is 22.8. The van der Waals surface area contributed by atoms with Gasteiger partial charge < -0.3 is 9.47 Å². The van der Waals surface area contributed by atoms with Crippen LogP contribution < -0.4 is 5.19 Å². The van der Waals surface area contributed by atoms with Crippen LogP contribution in [0.4, 0.5) is 4.79 Å². The van der Waals surface area contributed by atoms with Gasteiger partial charge in [0.2, 0.25) is 0 Å². The summed E-state index contributed by atoms with van der Waals surface area (Å²) in [7, 11) is -1.99. The second-order valence-corrected chi connectivity index (χ2v) is 17.7. The molecule has 1 saturated carbocycles. The molecule has 5 heteroatoms. The lowest BCUT2D eigenvalue weighted by Gasteiger charge is -2.41. The highest BCUT2D eigenvalue weighted by Gasteiger charge is 2.54. The monoisotopic (exact) mass is 493 g/mol. The SMILES string of the molecule is CC1(C)C[C@@H]([C@H](c2ccccc2)[Si](C)(C)c2ccccc2)[C@H](OC(=O)N2C(C)(C)COC2(C)C)C1. The molecule has 1 aliphatic carbocycles. The number of nitrogens with zero attached hydrogens (tertiary/aromatic N) is 1. The average Bonchev–Trinajstić information content (AvgIpc) is 3.19. The first-order valence-corrected chi connectivity index (χ1v) is 16.1. The molecule has 2 fully saturated rings. The Bertz CT molecular complexity index is 1020. The Labute approximate surface area is 213 Å². The van der Waals surface area contributed by atoms with Crippen LogP contribution in [0.2, 0.25) is 13.1 Å². The molecule has 4 rings (SSSR count). The van der Waals surface area contributed by atoms with Gasteiger partial charge in [-0.15, -0.1) is 0 Å². The number of rotatable bonds is 5. The van der Waals surface area contributed by atoms with Crippen LogP contribution in [0.15, 0.2) is 60.7 Å². The van der Waals surface area contributed by atoms with Gasteiger partial charge in [-0.05, 0) is 57.1 Å². The second kappa shape index (κ2) is 9.08. The van der Waals surface area contributed by atoms with Crippen molar-refractivity contribution in [1.82, 2.24) is 4.90 Å². The first-order valence-electron chi connectivity index (χ1n) is 13.0. The molecule has 0 radical (unpaired) electrons. The van der Waals surface area contributed by atoms with Crippen LogP contribution in [0.1, 0.15) is 65.5 Å². The van der Waals surface area contributed by atoms with Gasteiger partial charge in [0, 0.05) is 5.92 Å². The minimum Gasteiger partial charge on any atom is -0.446 e. The van der Waals surface area contributed by atoms with Gasteiger partial charge in [0.15, 0.2) is 0 Å². The lowest BCUT2D eigenvalue weighted by atomic mass is 9.88. The van der Waals surface area contributed by atoms with Gasteiger partial charge in [0.05, 0.1) is 20.2 Å². The number of hydrogen-bond acceptors (Lipinski definition) is 3. The van der Waals surface area contributed by atoms with Crippen LogP contribution in [0.3, 0.4) is 0 Å². The van der Waals surface area contributed by atoms with Crippen molar-refractivity contribution in [3.8, 4) is 0 Å². The van der Waals surface area contributed by atoms with Crippen molar-refractivity contribution in [2.24, 2.45) is 11.3 Å². The van der Waals surface area contributed by atoms with Crippen LogP contribution >= 0.6 is 0 Å². The Hall–Kier alpha value is -2.11.